The lowest BCUT2D eigenvalue weighted by molar-refractivity contribution is -0.384. The van der Waals surface area contributed by atoms with Gasteiger partial charge in [0.1, 0.15) is 11.0 Å². The highest BCUT2D eigenvalue weighted by Crippen LogP contribution is 2.24. The molecule has 2 aromatic heterocycles. The SMILES string of the molecule is CCOC(=O)N1CCN(c2ccc([N+](=O)[O-])c(N)n2)CC1.CCOC(=O)N1CCNCC1.Nc1nc(Cl)ccc1[N+](=O)[O-]. The van der Waals surface area contributed by atoms with E-state index in [9.17, 15) is 29.8 Å². The second kappa shape index (κ2) is 17.3. The predicted molar refractivity (Wildman–Crippen MR) is 158 cm³/mol. The molecule has 2 aromatic rings. The van der Waals surface area contributed by atoms with E-state index in [4.69, 9.17) is 32.5 Å². The van der Waals surface area contributed by atoms with Crippen LogP contribution in [0.2, 0.25) is 5.15 Å². The highest BCUT2D eigenvalue weighted by molar-refractivity contribution is 6.29. The molecule has 4 rings (SSSR count). The molecule has 2 aliphatic heterocycles. The first kappa shape index (κ1) is 34.5. The molecular weight excluding hydrogens is 592 g/mol. The normalized spacial score (nSPS) is 14.3. The fourth-order valence-corrected chi connectivity index (χ4v) is 3.93. The summed E-state index contributed by atoms with van der Waals surface area (Å²) in [6.45, 7) is 9.83. The number of pyridine rings is 2. The van der Waals surface area contributed by atoms with Crippen LogP contribution in [0.25, 0.3) is 0 Å². The molecule has 0 radical (unpaired) electrons. The largest absolute Gasteiger partial charge is 0.450 e. The van der Waals surface area contributed by atoms with Gasteiger partial charge in [0.15, 0.2) is 0 Å². The molecule has 2 amide bonds. The zero-order valence-corrected chi connectivity index (χ0v) is 24.6. The van der Waals surface area contributed by atoms with E-state index >= 15 is 0 Å². The minimum Gasteiger partial charge on any atom is -0.450 e. The Bertz CT molecular complexity index is 1260. The number of aromatic nitrogens is 2. The van der Waals surface area contributed by atoms with Gasteiger partial charge in [0, 0.05) is 64.5 Å². The van der Waals surface area contributed by atoms with Crippen LogP contribution in [0, 0.1) is 20.2 Å². The molecule has 19 heteroatoms. The van der Waals surface area contributed by atoms with E-state index < -0.39 is 9.85 Å². The first-order valence-corrected chi connectivity index (χ1v) is 13.6. The number of piperazine rings is 2. The Morgan fingerprint density at radius 1 is 0.837 bits per heavy atom. The molecule has 4 heterocycles. The van der Waals surface area contributed by atoms with Crippen LogP contribution in [0.3, 0.4) is 0 Å². The van der Waals surface area contributed by atoms with Gasteiger partial charge in [0.25, 0.3) is 0 Å². The molecule has 236 valence electrons. The molecule has 0 saturated carbocycles. The number of nitrogens with one attached hydrogen (secondary N) is 1. The predicted octanol–water partition coefficient (Wildman–Crippen LogP) is 2.12. The molecule has 0 spiro atoms. The third-order valence-corrected chi connectivity index (χ3v) is 6.13. The summed E-state index contributed by atoms with van der Waals surface area (Å²) in [5.41, 5.74) is 10.3. The second-order valence-electron chi connectivity index (χ2n) is 8.74. The van der Waals surface area contributed by atoms with E-state index in [0.29, 0.717) is 45.2 Å². The highest BCUT2D eigenvalue weighted by Gasteiger charge is 2.24. The summed E-state index contributed by atoms with van der Waals surface area (Å²) in [5, 5.41) is 24.2. The Balaban J connectivity index is 0.000000247. The number of amides is 2. The van der Waals surface area contributed by atoms with Gasteiger partial charge in [-0.05, 0) is 26.0 Å². The number of nitrogen functional groups attached to an aromatic ring is 2. The Morgan fingerprint density at radius 2 is 1.30 bits per heavy atom. The van der Waals surface area contributed by atoms with Crippen LogP contribution in [0.4, 0.5) is 38.4 Å². The number of carbonyl (C=O) groups is 2. The molecule has 0 bridgehead atoms. The number of ether oxygens (including phenoxy) is 2. The van der Waals surface area contributed by atoms with Crippen molar-refractivity contribution in [1.82, 2.24) is 25.1 Å². The Hall–Kier alpha value is -4.71. The number of hydrogen-bond donors (Lipinski definition) is 3. The molecule has 0 aliphatic carbocycles. The highest BCUT2D eigenvalue weighted by atomic mass is 35.5. The molecule has 0 unspecified atom stereocenters. The second-order valence-corrected chi connectivity index (χ2v) is 9.12. The van der Waals surface area contributed by atoms with E-state index in [1.54, 1.807) is 22.8 Å². The summed E-state index contributed by atoms with van der Waals surface area (Å²) < 4.78 is 9.78. The van der Waals surface area contributed by atoms with Gasteiger partial charge in [0.05, 0.1) is 23.1 Å². The van der Waals surface area contributed by atoms with Crippen molar-refractivity contribution in [3.8, 4) is 0 Å². The van der Waals surface area contributed by atoms with Crippen molar-refractivity contribution in [2.24, 2.45) is 0 Å². The zero-order chi connectivity index (χ0) is 31.9. The molecular formula is C24H35ClN10O8. The van der Waals surface area contributed by atoms with Crippen molar-refractivity contribution in [3.63, 3.8) is 0 Å². The fraction of sp³-hybridized carbons (Fsp3) is 0.500. The van der Waals surface area contributed by atoms with E-state index in [0.717, 1.165) is 26.2 Å². The molecule has 2 aliphatic rings. The average Bonchev–Trinajstić information content (AvgIpc) is 2.98. The Morgan fingerprint density at radius 3 is 1.74 bits per heavy atom. The van der Waals surface area contributed by atoms with Crippen LogP contribution in [-0.2, 0) is 9.47 Å². The van der Waals surface area contributed by atoms with Gasteiger partial charge in [-0.1, -0.05) is 11.6 Å². The van der Waals surface area contributed by atoms with Gasteiger partial charge in [-0.3, -0.25) is 20.2 Å². The first-order valence-electron chi connectivity index (χ1n) is 13.2. The van der Waals surface area contributed by atoms with Crippen molar-refractivity contribution in [1.29, 1.82) is 0 Å². The van der Waals surface area contributed by atoms with Crippen molar-refractivity contribution in [2.75, 3.05) is 81.9 Å². The maximum atomic E-state index is 11.6. The summed E-state index contributed by atoms with van der Waals surface area (Å²) in [6, 6.07) is 5.44. The fourth-order valence-electron chi connectivity index (χ4n) is 3.78. The summed E-state index contributed by atoms with van der Waals surface area (Å²) in [7, 11) is 0. The zero-order valence-electron chi connectivity index (χ0n) is 23.8. The van der Waals surface area contributed by atoms with Gasteiger partial charge in [0.2, 0.25) is 11.6 Å². The van der Waals surface area contributed by atoms with E-state index in [2.05, 4.69) is 15.3 Å². The molecule has 2 fully saturated rings. The van der Waals surface area contributed by atoms with Gasteiger partial charge in [-0.15, -0.1) is 0 Å². The minimum atomic E-state index is -0.612. The Labute approximate surface area is 252 Å². The standard InChI is InChI=1S/C12H17N5O4.C7H14N2O2.C5H4ClN3O2/c1-2-21-12(18)16-7-5-15(6-8-16)10-4-3-9(17(19)20)11(13)14-10;1-2-11-7(10)9-5-3-8-4-6-9;6-4-2-1-3(9(10)11)5(7)8-4/h3-4H,2,5-8H2,1H3,(H2,13,14);8H,2-6H2,1H3;1-2H,(H2,7,8). The van der Waals surface area contributed by atoms with Crippen LogP contribution in [0.1, 0.15) is 13.8 Å². The third-order valence-electron chi connectivity index (χ3n) is 5.92. The number of carbonyl (C=O) groups excluding carboxylic acids is 2. The molecule has 2 saturated heterocycles. The van der Waals surface area contributed by atoms with Crippen LogP contribution < -0.4 is 21.7 Å². The average molecular weight is 627 g/mol. The maximum absolute atomic E-state index is 11.6. The monoisotopic (exact) mass is 626 g/mol. The lowest BCUT2D eigenvalue weighted by Crippen LogP contribution is -2.49. The van der Waals surface area contributed by atoms with Crippen LogP contribution >= 0.6 is 11.6 Å². The summed E-state index contributed by atoms with van der Waals surface area (Å²) in [6.07, 6.45) is -0.512. The summed E-state index contributed by atoms with van der Waals surface area (Å²) in [5.74, 6) is 0.300. The molecule has 0 atom stereocenters. The topological polar surface area (TPSA) is 238 Å². The molecule has 18 nitrogen and oxygen atoms in total. The van der Waals surface area contributed by atoms with Crippen LogP contribution in [-0.4, -0.2) is 107 Å². The van der Waals surface area contributed by atoms with Crippen LogP contribution in [0.15, 0.2) is 24.3 Å². The number of nitrogens with two attached hydrogens (primary N) is 2. The lowest BCUT2D eigenvalue weighted by Gasteiger charge is -2.34. The number of rotatable bonds is 5. The van der Waals surface area contributed by atoms with Gasteiger partial charge >= 0.3 is 23.6 Å². The van der Waals surface area contributed by atoms with Crippen LogP contribution in [0.5, 0.6) is 0 Å². The van der Waals surface area contributed by atoms with Crippen molar-refractivity contribution >= 4 is 52.6 Å². The maximum Gasteiger partial charge on any atom is 0.409 e. The number of nitro groups is 2. The first-order chi connectivity index (χ1) is 20.5. The number of hydrogen-bond acceptors (Lipinski definition) is 14. The van der Waals surface area contributed by atoms with Gasteiger partial charge < -0.3 is 41.0 Å². The summed E-state index contributed by atoms with van der Waals surface area (Å²) in [4.78, 5) is 55.2. The number of nitrogens with zero attached hydrogens (tertiary/aromatic N) is 7. The third kappa shape index (κ3) is 10.9. The molecule has 0 aromatic carbocycles. The van der Waals surface area contributed by atoms with Crippen molar-refractivity contribution in [3.05, 3.63) is 49.6 Å². The number of halogens is 1. The quantitative estimate of drug-likeness (QED) is 0.245. The molecule has 43 heavy (non-hydrogen) atoms. The van der Waals surface area contributed by atoms with Gasteiger partial charge in [-0.2, -0.15) is 0 Å². The van der Waals surface area contributed by atoms with E-state index in [1.807, 2.05) is 11.8 Å². The van der Waals surface area contributed by atoms with E-state index in [-0.39, 0.29) is 40.4 Å². The minimum absolute atomic E-state index is 0.106. The lowest BCUT2D eigenvalue weighted by atomic mass is 10.3. The smallest absolute Gasteiger partial charge is 0.409 e. The number of anilines is 3. The molecule has 5 N–H and O–H groups in total. The van der Waals surface area contributed by atoms with Gasteiger partial charge in [-0.25, -0.2) is 19.6 Å². The van der Waals surface area contributed by atoms with Crippen molar-refractivity contribution < 1.29 is 28.9 Å². The van der Waals surface area contributed by atoms with E-state index in [1.165, 1.54) is 18.2 Å². The van der Waals surface area contributed by atoms with Crippen molar-refractivity contribution in [2.45, 2.75) is 13.8 Å². The Kier molecular flexibility index (Phi) is 13.9. The summed E-state index contributed by atoms with van der Waals surface area (Å²) >= 11 is 5.41.